The molecule has 0 saturated carbocycles. The summed E-state index contributed by atoms with van der Waals surface area (Å²) in [6.07, 6.45) is 0.838. The number of benzene rings is 3. The first-order valence-corrected chi connectivity index (χ1v) is 11.4. The van der Waals surface area contributed by atoms with Crippen molar-refractivity contribution in [2.45, 2.75) is 26.8 Å². The molecule has 7 nitrogen and oxygen atoms in total. The second kappa shape index (κ2) is 12.1. The molecule has 9 heteroatoms. The second-order valence-electron chi connectivity index (χ2n) is 7.97. The van der Waals surface area contributed by atoms with Crippen LogP contribution in [0.3, 0.4) is 0 Å². The lowest BCUT2D eigenvalue weighted by molar-refractivity contribution is -0.139. The van der Waals surface area contributed by atoms with Gasteiger partial charge >= 0.3 is 12.0 Å². The molecule has 0 bridgehead atoms. The van der Waals surface area contributed by atoms with Crippen LogP contribution in [-0.4, -0.2) is 30.3 Å². The van der Waals surface area contributed by atoms with Gasteiger partial charge in [-0.3, -0.25) is 0 Å². The number of rotatable bonds is 10. The highest BCUT2D eigenvalue weighted by atomic mass is 35.5. The summed E-state index contributed by atoms with van der Waals surface area (Å²) in [6.45, 7) is 4.50. The van der Waals surface area contributed by atoms with Crippen LogP contribution >= 0.6 is 11.6 Å². The Balaban J connectivity index is 1.90. The van der Waals surface area contributed by atoms with Crippen molar-refractivity contribution >= 4 is 40.7 Å². The van der Waals surface area contributed by atoms with Crippen LogP contribution in [-0.2, 0) is 11.3 Å². The predicted octanol–water partition coefficient (Wildman–Crippen LogP) is 6.31. The Morgan fingerprint density at radius 2 is 1.74 bits per heavy atom. The van der Waals surface area contributed by atoms with Gasteiger partial charge in [0.15, 0.2) is 6.61 Å². The zero-order valence-corrected chi connectivity index (χ0v) is 20.2. The number of ether oxygens (including phenoxy) is 1. The van der Waals surface area contributed by atoms with Crippen LogP contribution in [0.4, 0.5) is 26.2 Å². The first kappa shape index (κ1) is 25.8. The summed E-state index contributed by atoms with van der Waals surface area (Å²) in [5, 5.41) is 14.8. The number of hydrogen-bond acceptors (Lipinski definition) is 4. The van der Waals surface area contributed by atoms with Gasteiger partial charge in [-0.15, -0.1) is 0 Å². The smallest absolute Gasteiger partial charge is 0.341 e. The van der Waals surface area contributed by atoms with Gasteiger partial charge in [0.05, 0.1) is 17.1 Å². The van der Waals surface area contributed by atoms with Gasteiger partial charge in [-0.25, -0.2) is 14.0 Å². The summed E-state index contributed by atoms with van der Waals surface area (Å²) >= 11 is 6.01. The number of urea groups is 1. The van der Waals surface area contributed by atoms with Crippen molar-refractivity contribution in [1.82, 2.24) is 0 Å². The molecule has 35 heavy (non-hydrogen) atoms. The fraction of sp³-hybridized carbons (Fsp3) is 0.231. The maximum Gasteiger partial charge on any atom is 0.341 e. The maximum atomic E-state index is 14.2. The van der Waals surface area contributed by atoms with Gasteiger partial charge < -0.3 is 25.4 Å². The van der Waals surface area contributed by atoms with Crippen molar-refractivity contribution in [2.24, 2.45) is 0 Å². The number of amides is 2. The zero-order chi connectivity index (χ0) is 25.4. The van der Waals surface area contributed by atoms with E-state index in [4.69, 9.17) is 21.4 Å². The maximum absolute atomic E-state index is 14.2. The molecule has 0 aliphatic carbocycles. The highest BCUT2D eigenvalue weighted by Crippen LogP contribution is 2.32. The van der Waals surface area contributed by atoms with Gasteiger partial charge in [0.2, 0.25) is 0 Å². The molecule has 0 unspecified atom stereocenters. The van der Waals surface area contributed by atoms with Crippen molar-refractivity contribution in [3.8, 4) is 5.75 Å². The Morgan fingerprint density at radius 3 is 2.40 bits per heavy atom. The Morgan fingerprint density at radius 1 is 1.03 bits per heavy atom. The van der Waals surface area contributed by atoms with Crippen LogP contribution in [0.5, 0.6) is 5.75 Å². The van der Waals surface area contributed by atoms with E-state index in [0.29, 0.717) is 29.5 Å². The molecule has 0 radical (unpaired) electrons. The topological polar surface area (TPSA) is 90.9 Å². The fourth-order valence-corrected chi connectivity index (χ4v) is 3.61. The van der Waals surface area contributed by atoms with Crippen LogP contribution < -0.4 is 20.3 Å². The monoisotopic (exact) mass is 499 g/mol. The van der Waals surface area contributed by atoms with Gasteiger partial charge in [0, 0.05) is 24.2 Å². The Hall–Kier alpha value is -3.78. The first-order valence-electron chi connectivity index (χ1n) is 11.1. The molecule has 0 aliphatic heterocycles. The molecular formula is C26H27ClFN3O4. The molecule has 3 N–H and O–H groups in total. The molecule has 3 rings (SSSR count). The van der Waals surface area contributed by atoms with E-state index in [2.05, 4.69) is 15.5 Å². The van der Waals surface area contributed by atoms with Crippen LogP contribution in [0, 0.1) is 12.7 Å². The van der Waals surface area contributed by atoms with E-state index in [1.54, 1.807) is 31.2 Å². The van der Waals surface area contributed by atoms with Gasteiger partial charge in [-0.05, 0) is 60.9 Å². The molecule has 0 atom stereocenters. The van der Waals surface area contributed by atoms with E-state index in [9.17, 15) is 14.0 Å². The van der Waals surface area contributed by atoms with E-state index in [-0.39, 0.29) is 11.4 Å². The van der Waals surface area contributed by atoms with Gasteiger partial charge in [-0.1, -0.05) is 36.7 Å². The van der Waals surface area contributed by atoms with Crippen LogP contribution in [0.25, 0.3) is 0 Å². The number of carboxylic acids is 1. The Bertz CT molecular complexity index is 1190. The number of aryl methyl sites for hydroxylation is 1. The minimum absolute atomic E-state index is 0.0412. The third-order valence-corrected chi connectivity index (χ3v) is 5.32. The van der Waals surface area contributed by atoms with E-state index in [1.807, 2.05) is 31.2 Å². The number of aliphatic carboxylic acids is 1. The first-order chi connectivity index (χ1) is 16.7. The summed E-state index contributed by atoms with van der Waals surface area (Å²) in [6, 6.07) is 16.3. The quantitative estimate of drug-likeness (QED) is 0.304. The Kier molecular flexibility index (Phi) is 8.92. The fourth-order valence-electron chi connectivity index (χ4n) is 3.49. The lowest BCUT2D eigenvalue weighted by Crippen LogP contribution is -2.27. The average Bonchev–Trinajstić information content (AvgIpc) is 2.81. The van der Waals surface area contributed by atoms with E-state index in [1.165, 1.54) is 12.1 Å². The SMILES string of the molecule is CCCN(Cc1ccc(Cl)cc1)c1ccc(OCC(=O)O)cc1NC(=O)Nc1ccc(C)cc1F. The van der Waals surface area contributed by atoms with Crippen molar-refractivity contribution < 1.29 is 23.8 Å². The third kappa shape index (κ3) is 7.61. The molecule has 0 saturated heterocycles. The van der Waals surface area contributed by atoms with Crippen molar-refractivity contribution in [2.75, 3.05) is 28.7 Å². The molecule has 3 aromatic rings. The number of anilines is 3. The predicted molar refractivity (Wildman–Crippen MR) is 136 cm³/mol. The van der Waals surface area contributed by atoms with E-state index < -0.39 is 24.4 Å². The summed E-state index contributed by atoms with van der Waals surface area (Å²) in [4.78, 5) is 25.8. The largest absolute Gasteiger partial charge is 0.482 e. The van der Waals surface area contributed by atoms with Gasteiger partial charge in [0.1, 0.15) is 11.6 Å². The summed E-state index contributed by atoms with van der Waals surface area (Å²) in [5.41, 5.74) is 2.88. The standard InChI is InChI=1S/C26H27ClFN3O4/c1-3-12-31(15-18-5-7-19(27)8-6-18)24-11-9-20(35-16-25(32)33)14-23(24)30-26(34)29-22-10-4-17(2)13-21(22)28/h4-11,13-14H,3,12,15-16H2,1-2H3,(H,32,33)(H2,29,30,34). The van der Waals surface area contributed by atoms with Gasteiger partial charge in [-0.2, -0.15) is 0 Å². The van der Waals surface area contributed by atoms with Crippen molar-refractivity contribution in [3.05, 3.63) is 82.6 Å². The number of carboxylic acid groups (broad SMARTS) is 1. The number of nitrogens with one attached hydrogen (secondary N) is 2. The highest BCUT2D eigenvalue weighted by Gasteiger charge is 2.16. The minimum Gasteiger partial charge on any atom is -0.482 e. The lowest BCUT2D eigenvalue weighted by atomic mass is 10.1. The molecule has 0 heterocycles. The normalized spacial score (nSPS) is 10.5. The summed E-state index contributed by atoms with van der Waals surface area (Å²) in [5.74, 6) is -1.39. The summed E-state index contributed by atoms with van der Waals surface area (Å²) < 4.78 is 19.5. The van der Waals surface area contributed by atoms with Crippen molar-refractivity contribution in [3.63, 3.8) is 0 Å². The number of carbonyl (C=O) groups excluding carboxylic acids is 1. The highest BCUT2D eigenvalue weighted by molar-refractivity contribution is 6.30. The molecule has 0 spiro atoms. The van der Waals surface area contributed by atoms with Crippen LogP contribution in [0.2, 0.25) is 5.02 Å². The minimum atomic E-state index is -1.12. The molecular weight excluding hydrogens is 473 g/mol. The summed E-state index contributed by atoms with van der Waals surface area (Å²) in [7, 11) is 0. The van der Waals surface area contributed by atoms with E-state index in [0.717, 1.165) is 17.5 Å². The van der Waals surface area contributed by atoms with Gasteiger partial charge in [0.25, 0.3) is 0 Å². The third-order valence-electron chi connectivity index (χ3n) is 5.07. The lowest BCUT2D eigenvalue weighted by Gasteiger charge is -2.27. The number of nitrogens with zero attached hydrogens (tertiary/aromatic N) is 1. The number of carbonyl (C=O) groups is 2. The zero-order valence-electron chi connectivity index (χ0n) is 19.5. The molecule has 0 aliphatic rings. The second-order valence-corrected chi connectivity index (χ2v) is 8.41. The van der Waals surface area contributed by atoms with Crippen LogP contribution in [0.1, 0.15) is 24.5 Å². The Labute approximate surface area is 208 Å². The molecule has 0 fully saturated rings. The number of hydrogen-bond donors (Lipinski definition) is 3. The molecule has 2 amide bonds. The number of halogens is 2. The molecule has 3 aromatic carbocycles. The van der Waals surface area contributed by atoms with Crippen molar-refractivity contribution in [1.29, 1.82) is 0 Å². The average molecular weight is 500 g/mol. The van der Waals surface area contributed by atoms with E-state index >= 15 is 0 Å². The van der Waals surface area contributed by atoms with Crippen LogP contribution in [0.15, 0.2) is 60.7 Å². The molecule has 0 aromatic heterocycles. The molecule has 184 valence electrons.